The van der Waals surface area contributed by atoms with Crippen molar-refractivity contribution < 1.29 is 0 Å². The minimum Gasteiger partial charge on any atom is -0.300 e. The third-order valence-electron chi connectivity index (χ3n) is 3.98. The maximum Gasteiger partial charge on any atom is 0.0934 e. The second-order valence-corrected chi connectivity index (χ2v) is 8.04. The molecular weight excluding hydrogens is 306 g/mol. The zero-order valence-corrected chi connectivity index (χ0v) is 13.5. The highest BCUT2D eigenvalue weighted by atomic mass is 35.5. The molecule has 4 rings (SSSR count). The minimum absolute atomic E-state index is 0.448. The van der Waals surface area contributed by atoms with Crippen molar-refractivity contribution in [1.29, 1.82) is 0 Å². The first-order chi connectivity index (χ1) is 9.72. The van der Waals surface area contributed by atoms with Crippen LogP contribution in [0.2, 0.25) is 4.34 Å². The summed E-state index contributed by atoms with van der Waals surface area (Å²) in [6, 6.07) is 10.9. The Hall–Kier alpha value is -0.870. The van der Waals surface area contributed by atoms with Crippen molar-refractivity contribution in [2.45, 2.75) is 12.5 Å². The molecule has 102 valence electrons. The van der Waals surface area contributed by atoms with Crippen molar-refractivity contribution in [3.05, 3.63) is 56.1 Å². The van der Waals surface area contributed by atoms with Crippen molar-refractivity contribution in [3.8, 4) is 0 Å². The second kappa shape index (κ2) is 4.85. The van der Waals surface area contributed by atoms with Gasteiger partial charge < -0.3 is 4.90 Å². The third kappa shape index (κ3) is 2.01. The van der Waals surface area contributed by atoms with Crippen LogP contribution in [-0.2, 0) is 6.54 Å². The highest BCUT2D eigenvalue weighted by Gasteiger charge is 2.28. The quantitative estimate of drug-likeness (QED) is 0.596. The molecule has 2 aromatic heterocycles. The molecule has 0 saturated heterocycles. The standard InChI is InChI=1S/C16H14ClNS2/c1-18-7-12(11-6-16(17)20-15(11)8-18)13-9-19-14-5-3-2-4-10(13)14/h2-6,9,12H,7-8H2,1H3. The number of fused-ring (bicyclic) bond motifs is 2. The molecule has 0 radical (unpaired) electrons. The lowest BCUT2D eigenvalue weighted by molar-refractivity contribution is 0.300. The molecule has 1 atom stereocenters. The first-order valence-corrected chi connectivity index (χ1v) is 8.72. The van der Waals surface area contributed by atoms with Gasteiger partial charge in [0.1, 0.15) is 0 Å². The van der Waals surface area contributed by atoms with Gasteiger partial charge in [0.05, 0.1) is 4.34 Å². The first kappa shape index (κ1) is 12.8. The molecule has 3 heterocycles. The Balaban J connectivity index is 1.89. The number of hydrogen-bond donors (Lipinski definition) is 0. The molecular formula is C16H14ClNS2. The summed E-state index contributed by atoms with van der Waals surface area (Å²) in [6.45, 7) is 2.09. The van der Waals surface area contributed by atoms with Gasteiger partial charge in [-0.05, 0) is 41.1 Å². The second-order valence-electron chi connectivity index (χ2n) is 5.37. The van der Waals surface area contributed by atoms with Gasteiger partial charge in [0.15, 0.2) is 0 Å². The zero-order valence-electron chi connectivity index (χ0n) is 11.1. The van der Waals surface area contributed by atoms with E-state index < -0.39 is 0 Å². The van der Waals surface area contributed by atoms with E-state index in [-0.39, 0.29) is 0 Å². The number of likely N-dealkylation sites (N-methyl/N-ethyl adjacent to an activating group) is 1. The van der Waals surface area contributed by atoms with Crippen LogP contribution in [0.15, 0.2) is 35.7 Å². The summed E-state index contributed by atoms with van der Waals surface area (Å²) < 4.78 is 2.29. The van der Waals surface area contributed by atoms with Gasteiger partial charge in [-0.2, -0.15) is 0 Å². The molecule has 0 N–H and O–H groups in total. The van der Waals surface area contributed by atoms with Crippen molar-refractivity contribution in [1.82, 2.24) is 4.90 Å². The molecule has 1 aliphatic rings. The molecule has 4 heteroatoms. The molecule has 0 fully saturated rings. The van der Waals surface area contributed by atoms with Crippen LogP contribution in [-0.4, -0.2) is 18.5 Å². The van der Waals surface area contributed by atoms with Gasteiger partial charge in [0.25, 0.3) is 0 Å². The fourth-order valence-corrected chi connectivity index (χ4v) is 5.52. The van der Waals surface area contributed by atoms with E-state index in [1.165, 1.54) is 26.1 Å². The van der Waals surface area contributed by atoms with Crippen LogP contribution in [0, 0.1) is 0 Å². The van der Waals surface area contributed by atoms with Gasteiger partial charge in [-0.25, -0.2) is 0 Å². The number of rotatable bonds is 1. The van der Waals surface area contributed by atoms with Crippen LogP contribution >= 0.6 is 34.3 Å². The number of nitrogens with zero attached hydrogens (tertiary/aromatic N) is 1. The fourth-order valence-electron chi connectivity index (χ4n) is 3.08. The van der Waals surface area contributed by atoms with E-state index in [2.05, 4.69) is 47.7 Å². The average molecular weight is 320 g/mol. The Morgan fingerprint density at radius 2 is 2.10 bits per heavy atom. The Labute approximate surface area is 131 Å². The van der Waals surface area contributed by atoms with E-state index >= 15 is 0 Å². The smallest absolute Gasteiger partial charge is 0.0934 e. The highest BCUT2D eigenvalue weighted by Crippen LogP contribution is 2.42. The number of halogens is 1. The normalized spacial score (nSPS) is 19.4. The first-order valence-electron chi connectivity index (χ1n) is 6.65. The van der Waals surface area contributed by atoms with Crippen LogP contribution in [0.25, 0.3) is 10.1 Å². The van der Waals surface area contributed by atoms with Crippen LogP contribution in [0.4, 0.5) is 0 Å². The van der Waals surface area contributed by atoms with Gasteiger partial charge in [-0.1, -0.05) is 29.8 Å². The van der Waals surface area contributed by atoms with Crippen LogP contribution in [0.3, 0.4) is 0 Å². The molecule has 1 unspecified atom stereocenters. The van der Waals surface area contributed by atoms with E-state index in [0.29, 0.717) is 5.92 Å². The summed E-state index contributed by atoms with van der Waals surface area (Å²) in [4.78, 5) is 3.82. The van der Waals surface area contributed by atoms with Crippen molar-refractivity contribution in [2.75, 3.05) is 13.6 Å². The molecule has 3 aromatic rings. The molecule has 0 bridgehead atoms. The molecule has 1 nitrogen and oxygen atoms in total. The topological polar surface area (TPSA) is 3.24 Å². The Kier molecular flexibility index (Phi) is 3.11. The summed E-state index contributed by atoms with van der Waals surface area (Å²) in [7, 11) is 2.19. The third-order valence-corrected chi connectivity index (χ3v) is 6.23. The van der Waals surface area contributed by atoms with E-state index in [9.17, 15) is 0 Å². The molecule has 20 heavy (non-hydrogen) atoms. The van der Waals surface area contributed by atoms with Gasteiger partial charge >= 0.3 is 0 Å². The van der Waals surface area contributed by atoms with E-state index in [1.807, 2.05) is 11.3 Å². The lowest BCUT2D eigenvalue weighted by Crippen LogP contribution is -2.29. The largest absolute Gasteiger partial charge is 0.300 e. The summed E-state index contributed by atoms with van der Waals surface area (Å²) in [5.74, 6) is 0.448. The molecule has 0 saturated carbocycles. The zero-order chi connectivity index (χ0) is 13.7. The lowest BCUT2D eigenvalue weighted by Gasteiger charge is -2.30. The predicted octanol–water partition coefficient (Wildman–Crippen LogP) is 5.19. The SMILES string of the molecule is CN1Cc2sc(Cl)cc2C(c2csc3ccccc23)C1. The Morgan fingerprint density at radius 3 is 3.00 bits per heavy atom. The summed E-state index contributed by atoms with van der Waals surface area (Å²) in [5, 5.41) is 3.72. The fraction of sp³-hybridized carbons (Fsp3) is 0.250. The maximum absolute atomic E-state index is 6.25. The van der Waals surface area contributed by atoms with E-state index in [4.69, 9.17) is 11.6 Å². The van der Waals surface area contributed by atoms with Gasteiger partial charge in [0.2, 0.25) is 0 Å². The molecule has 1 aromatic carbocycles. The highest BCUT2D eigenvalue weighted by molar-refractivity contribution is 7.17. The molecule has 0 spiro atoms. The van der Waals surface area contributed by atoms with E-state index in [0.717, 1.165) is 17.4 Å². The number of benzene rings is 1. The summed E-state index contributed by atoms with van der Waals surface area (Å²) in [6.07, 6.45) is 0. The Morgan fingerprint density at radius 1 is 1.25 bits per heavy atom. The monoisotopic (exact) mass is 319 g/mol. The lowest BCUT2D eigenvalue weighted by atomic mass is 9.88. The average Bonchev–Trinajstić information content (AvgIpc) is 3.00. The van der Waals surface area contributed by atoms with Crippen LogP contribution < -0.4 is 0 Å². The summed E-state index contributed by atoms with van der Waals surface area (Å²) in [5.41, 5.74) is 2.88. The maximum atomic E-state index is 6.25. The van der Waals surface area contributed by atoms with Crippen molar-refractivity contribution in [2.24, 2.45) is 0 Å². The minimum atomic E-state index is 0.448. The molecule has 1 aliphatic heterocycles. The molecule has 0 aliphatic carbocycles. The van der Waals surface area contributed by atoms with Gasteiger partial charge in [-0.3, -0.25) is 0 Å². The number of thiophene rings is 2. The van der Waals surface area contributed by atoms with Gasteiger partial charge in [0, 0.05) is 28.6 Å². The van der Waals surface area contributed by atoms with Crippen LogP contribution in [0.1, 0.15) is 21.9 Å². The Bertz CT molecular complexity index is 774. The molecule has 0 amide bonds. The summed E-state index contributed by atoms with van der Waals surface area (Å²) >= 11 is 9.82. The van der Waals surface area contributed by atoms with Gasteiger partial charge in [-0.15, -0.1) is 22.7 Å². The van der Waals surface area contributed by atoms with Crippen molar-refractivity contribution >= 4 is 44.4 Å². The predicted molar refractivity (Wildman–Crippen MR) is 89.3 cm³/mol. The van der Waals surface area contributed by atoms with Crippen LogP contribution in [0.5, 0.6) is 0 Å². The van der Waals surface area contributed by atoms with Crippen molar-refractivity contribution in [3.63, 3.8) is 0 Å². The number of hydrogen-bond acceptors (Lipinski definition) is 3. The van der Waals surface area contributed by atoms with E-state index in [1.54, 1.807) is 11.3 Å².